The first-order chi connectivity index (χ1) is 8.95. The Kier molecular flexibility index (Phi) is 7.27. The first kappa shape index (κ1) is 14.5. The van der Waals surface area contributed by atoms with Gasteiger partial charge in [0.25, 0.3) is 0 Å². The van der Waals surface area contributed by atoms with E-state index in [9.17, 15) is 0 Å². The molecule has 0 aromatic heterocycles. The highest BCUT2D eigenvalue weighted by molar-refractivity contribution is 6.39. The Hall–Kier alpha value is 0.0649. The molecule has 0 amide bonds. The van der Waals surface area contributed by atoms with Crippen molar-refractivity contribution >= 4 is 7.28 Å². The summed E-state index contributed by atoms with van der Waals surface area (Å²) in [5, 5.41) is 0. The van der Waals surface area contributed by atoms with Crippen LogP contribution in [0.5, 0.6) is 0 Å². The van der Waals surface area contributed by atoms with Gasteiger partial charge in [-0.05, 0) is 0 Å². The van der Waals surface area contributed by atoms with E-state index >= 15 is 0 Å². The zero-order valence-corrected chi connectivity index (χ0v) is 12.3. The fourth-order valence-corrected chi connectivity index (χ4v) is 3.92. The lowest BCUT2D eigenvalue weighted by Gasteiger charge is -2.24. The summed E-state index contributed by atoms with van der Waals surface area (Å²) in [4.78, 5) is 0. The van der Waals surface area contributed by atoms with Crippen LogP contribution in [0.1, 0.15) is 96.3 Å². The average Bonchev–Trinajstić information content (AvgIpc) is 2.46. The smallest absolute Gasteiger partial charge is 0.0686 e. The highest BCUT2D eigenvalue weighted by Crippen LogP contribution is 2.33. The van der Waals surface area contributed by atoms with Gasteiger partial charge < -0.3 is 0 Å². The average molecular weight is 247 g/mol. The highest BCUT2D eigenvalue weighted by atomic mass is 14.1. The molecule has 1 radical (unpaired) electrons. The van der Waals surface area contributed by atoms with Gasteiger partial charge in [0, 0.05) is 0 Å². The van der Waals surface area contributed by atoms with Crippen molar-refractivity contribution < 1.29 is 0 Å². The van der Waals surface area contributed by atoms with Gasteiger partial charge in [-0.3, -0.25) is 0 Å². The molecule has 0 saturated heterocycles. The molecule has 2 aliphatic carbocycles. The van der Waals surface area contributed by atoms with Gasteiger partial charge in [0.1, 0.15) is 7.28 Å². The Morgan fingerprint density at radius 1 is 0.389 bits per heavy atom. The number of rotatable bonds is 2. The Morgan fingerprint density at radius 2 is 0.667 bits per heavy atom. The maximum Gasteiger partial charge on any atom is 0.117 e. The highest BCUT2D eigenvalue weighted by Gasteiger charge is 2.19. The van der Waals surface area contributed by atoms with Crippen LogP contribution in [0.2, 0.25) is 11.6 Å². The quantitative estimate of drug-likeness (QED) is 0.513. The van der Waals surface area contributed by atoms with E-state index in [2.05, 4.69) is 7.28 Å². The SMILES string of the molecule is [B](C1CCCCCCCC1)C1CCCCCCC1. The summed E-state index contributed by atoms with van der Waals surface area (Å²) in [7, 11) is 2.80. The minimum Gasteiger partial charge on any atom is -0.0686 e. The van der Waals surface area contributed by atoms with Crippen LogP contribution in [0.25, 0.3) is 0 Å². The van der Waals surface area contributed by atoms with Crippen LogP contribution in [0, 0.1) is 0 Å². The van der Waals surface area contributed by atoms with Gasteiger partial charge in [0.15, 0.2) is 0 Å². The van der Waals surface area contributed by atoms with Crippen molar-refractivity contribution in [2.75, 3.05) is 0 Å². The summed E-state index contributed by atoms with van der Waals surface area (Å²) in [5.74, 6) is 1.93. The normalized spacial score (nSPS) is 26.4. The van der Waals surface area contributed by atoms with Crippen molar-refractivity contribution in [3.63, 3.8) is 0 Å². The molecule has 0 N–H and O–H groups in total. The number of hydrogen-bond donors (Lipinski definition) is 0. The van der Waals surface area contributed by atoms with E-state index in [-0.39, 0.29) is 0 Å². The second kappa shape index (κ2) is 9.05. The van der Waals surface area contributed by atoms with E-state index in [1.807, 2.05) is 0 Å². The van der Waals surface area contributed by atoms with Gasteiger partial charge in [-0.25, -0.2) is 0 Å². The van der Waals surface area contributed by atoms with Gasteiger partial charge in [0.05, 0.1) is 0 Å². The lowest BCUT2D eigenvalue weighted by atomic mass is 9.50. The fourth-order valence-electron chi connectivity index (χ4n) is 3.92. The first-order valence-electron chi connectivity index (χ1n) is 8.80. The van der Waals surface area contributed by atoms with Crippen LogP contribution < -0.4 is 0 Å². The Morgan fingerprint density at radius 3 is 1.00 bits per heavy atom. The molecule has 103 valence electrons. The molecule has 0 unspecified atom stereocenters. The van der Waals surface area contributed by atoms with E-state index in [0.29, 0.717) is 0 Å². The summed E-state index contributed by atoms with van der Waals surface area (Å²) in [6.07, 6.45) is 22.4. The fraction of sp³-hybridized carbons (Fsp3) is 1.00. The maximum absolute atomic E-state index is 2.80. The third-order valence-electron chi connectivity index (χ3n) is 5.09. The minimum absolute atomic E-state index is 0.965. The second-order valence-corrected chi connectivity index (χ2v) is 6.76. The van der Waals surface area contributed by atoms with Crippen molar-refractivity contribution in [1.82, 2.24) is 0 Å². The van der Waals surface area contributed by atoms with Gasteiger partial charge in [-0.15, -0.1) is 0 Å². The summed E-state index contributed by atoms with van der Waals surface area (Å²) < 4.78 is 0. The van der Waals surface area contributed by atoms with Crippen LogP contribution >= 0.6 is 0 Å². The Bertz CT molecular complexity index is 184. The molecule has 0 atom stereocenters. The van der Waals surface area contributed by atoms with Gasteiger partial charge in [-0.1, -0.05) is 108 Å². The zero-order chi connectivity index (χ0) is 12.5. The van der Waals surface area contributed by atoms with Crippen molar-refractivity contribution in [2.45, 2.75) is 108 Å². The molecule has 0 nitrogen and oxygen atoms in total. The van der Waals surface area contributed by atoms with Crippen LogP contribution in [-0.2, 0) is 0 Å². The first-order valence-corrected chi connectivity index (χ1v) is 8.80. The van der Waals surface area contributed by atoms with Crippen molar-refractivity contribution in [1.29, 1.82) is 0 Å². The van der Waals surface area contributed by atoms with Crippen LogP contribution in [0.3, 0.4) is 0 Å². The van der Waals surface area contributed by atoms with Crippen molar-refractivity contribution in [3.8, 4) is 0 Å². The maximum atomic E-state index is 2.80. The lowest BCUT2D eigenvalue weighted by Crippen LogP contribution is -2.13. The van der Waals surface area contributed by atoms with Gasteiger partial charge in [-0.2, -0.15) is 0 Å². The largest absolute Gasteiger partial charge is 0.117 e. The molecule has 0 bridgehead atoms. The molecule has 0 aromatic rings. The molecule has 2 saturated carbocycles. The molecule has 2 rings (SSSR count). The Balaban J connectivity index is 1.73. The molecular weight excluding hydrogens is 215 g/mol. The van der Waals surface area contributed by atoms with Crippen molar-refractivity contribution in [3.05, 3.63) is 0 Å². The van der Waals surface area contributed by atoms with E-state index in [1.165, 1.54) is 96.3 Å². The monoisotopic (exact) mass is 247 g/mol. The van der Waals surface area contributed by atoms with Crippen LogP contribution in [0.4, 0.5) is 0 Å². The molecule has 2 aliphatic rings. The minimum atomic E-state index is 0.965. The predicted molar refractivity (Wildman–Crippen MR) is 82.5 cm³/mol. The zero-order valence-electron chi connectivity index (χ0n) is 12.3. The second-order valence-electron chi connectivity index (χ2n) is 6.76. The third kappa shape index (κ3) is 5.80. The molecule has 0 heterocycles. The summed E-state index contributed by atoms with van der Waals surface area (Å²) in [5.41, 5.74) is 0. The summed E-state index contributed by atoms with van der Waals surface area (Å²) in [6.45, 7) is 0. The summed E-state index contributed by atoms with van der Waals surface area (Å²) >= 11 is 0. The predicted octanol–water partition coefficient (Wildman–Crippen LogP) is 6.15. The van der Waals surface area contributed by atoms with Gasteiger partial charge in [0.2, 0.25) is 0 Å². The van der Waals surface area contributed by atoms with E-state index < -0.39 is 0 Å². The topological polar surface area (TPSA) is 0 Å². The Labute approximate surface area is 116 Å². The molecule has 18 heavy (non-hydrogen) atoms. The van der Waals surface area contributed by atoms with E-state index in [1.54, 1.807) is 0 Å². The van der Waals surface area contributed by atoms with E-state index in [4.69, 9.17) is 0 Å². The third-order valence-corrected chi connectivity index (χ3v) is 5.09. The molecular formula is C17H32B. The van der Waals surface area contributed by atoms with Crippen LogP contribution in [0.15, 0.2) is 0 Å². The van der Waals surface area contributed by atoms with Gasteiger partial charge >= 0.3 is 0 Å². The molecule has 1 heteroatoms. The van der Waals surface area contributed by atoms with Crippen LogP contribution in [-0.4, -0.2) is 7.28 Å². The molecule has 0 spiro atoms. The number of hydrogen-bond acceptors (Lipinski definition) is 0. The molecule has 2 fully saturated rings. The van der Waals surface area contributed by atoms with Crippen molar-refractivity contribution in [2.24, 2.45) is 0 Å². The summed E-state index contributed by atoms with van der Waals surface area (Å²) in [6, 6.07) is 0. The lowest BCUT2D eigenvalue weighted by molar-refractivity contribution is 0.494. The standard InChI is InChI=1S/C17H32B/c1-2-5-9-13-16(12-8-4-1)18-17-14-10-6-3-7-11-15-17/h16-17H,1-15H2. The molecule has 0 aliphatic heterocycles. The molecule has 0 aromatic carbocycles. The van der Waals surface area contributed by atoms with E-state index in [0.717, 1.165) is 11.6 Å².